The lowest BCUT2D eigenvalue weighted by Gasteiger charge is -2.08. The fourth-order valence-electron chi connectivity index (χ4n) is 1.47. The van der Waals surface area contributed by atoms with E-state index in [1.807, 2.05) is 0 Å². The van der Waals surface area contributed by atoms with Crippen LogP contribution in [0.5, 0.6) is 0 Å². The highest BCUT2D eigenvalue weighted by molar-refractivity contribution is 5.75. The van der Waals surface area contributed by atoms with Gasteiger partial charge in [0.1, 0.15) is 0 Å². The molecular formula is C14H31NO2. The monoisotopic (exact) mass is 245 g/mol. The van der Waals surface area contributed by atoms with E-state index in [0.29, 0.717) is 18.4 Å². The van der Waals surface area contributed by atoms with Crippen LogP contribution in [0, 0.1) is 5.92 Å². The predicted octanol–water partition coefficient (Wildman–Crippen LogP) is 3.38. The molecule has 0 saturated carbocycles. The molecule has 3 nitrogen and oxygen atoms in total. The molecule has 0 bridgehead atoms. The quantitative estimate of drug-likeness (QED) is 0.599. The molecule has 0 aliphatic heterocycles. The zero-order valence-electron chi connectivity index (χ0n) is 11.9. The Morgan fingerprint density at radius 1 is 1.12 bits per heavy atom. The molecule has 0 atom stereocenters. The maximum Gasteiger partial charge on any atom is 0.220 e. The number of ether oxygens (including phenoxy) is 1. The van der Waals surface area contributed by atoms with Crippen molar-refractivity contribution in [2.24, 2.45) is 5.92 Å². The largest absolute Gasteiger partial charge is 0.379 e. The first-order valence-corrected chi connectivity index (χ1v) is 6.90. The molecule has 0 aromatic heterocycles. The van der Waals surface area contributed by atoms with E-state index in [2.05, 4.69) is 33.0 Å². The van der Waals surface area contributed by atoms with E-state index in [1.54, 1.807) is 0 Å². The van der Waals surface area contributed by atoms with E-state index in [-0.39, 0.29) is 7.33 Å². The van der Waals surface area contributed by atoms with Gasteiger partial charge in [-0.15, -0.1) is 0 Å². The van der Waals surface area contributed by atoms with Gasteiger partial charge in [0.15, 0.2) is 0 Å². The number of carbonyl (C=O) groups is 1. The smallest absolute Gasteiger partial charge is 0.220 e. The number of hydrogen-bond acceptors (Lipinski definition) is 2. The summed E-state index contributed by atoms with van der Waals surface area (Å²) in [5.41, 5.74) is 0. The van der Waals surface area contributed by atoms with Crippen molar-refractivity contribution in [2.75, 3.05) is 13.2 Å². The van der Waals surface area contributed by atoms with Gasteiger partial charge in [-0.25, -0.2) is 0 Å². The Hall–Kier alpha value is -0.570. The van der Waals surface area contributed by atoms with Crippen LogP contribution in [0.25, 0.3) is 0 Å². The van der Waals surface area contributed by atoms with Crippen LogP contribution in [-0.2, 0) is 9.53 Å². The van der Waals surface area contributed by atoms with Crippen LogP contribution in [0.3, 0.4) is 0 Å². The average molecular weight is 245 g/mol. The van der Waals surface area contributed by atoms with Gasteiger partial charge in [-0.2, -0.15) is 0 Å². The van der Waals surface area contributed by atoms with Crippen molar-refractivity contribution in [2.45, 2.75) is 65.9 Å². The van der Waals surface area contributed by atoms with Gasteiger partial charge < -0.3 is 10.1 Å². The van der Waals surface area contributed by atoms with Crippen molar-refractivity contribution in [3.63, 3.8) is 0 Å². The van der Waals surface area contributed by atoms with Gasteiger partial charge in [-0.05, 0) is 32.6 Å². The predicted molar refractivity (Wildman–Crippen MR) is 74.1 cm³/mol. The minimum atomic E-state index is 0. The molecule has 17 heavy (non-hydrogen) atoms. The Morgan fingerprint density at radius 3 is 2.35 bits per heavy atom. The highest BCUT2D eigenvalue weighted by Gasteiger charge is 2.01. The zero-order chi connectivity index (χ0) is 13.1. The summed E-state index contributed by atoms with van der Waals surface area (Å²) in [6.45, 7) is 9.96. The van der Waals surface area contributed by atoms with Gasteiger partial charge in [0, 0.05) is 21.0 Å². The Labute approximate surface area is 108 Å². The third kappa shape index (κ3) is 13.4. The Kier molecular flexibility index (Phi) is 10.2. The van der Waals surface area contributed by atoms with Crippen LogP contribution in [0.15, 0.2) is 0 Å². The molecular weight excluding hydrogens is 214 g/mol. The van der Waals surface area contributed by atoms with Gasteiger partial charge in [-0.1, -0.05) is 26.7 Å². The van der Waals surface area contributed by atoms with Crippen LogP contribution >= 0.6 is 0 Å². The van der Waals surface area contributed by atoms with Crippen LogP contribution in [-0.4, -0.2) is 25.2 Å². The number of rotatable bonds is 10. The molecule has 1 N–H and O–H groups in total. The van der Waals surface area contributed by atoms with Crippen LogP contribution in [0.1, 0.15) is 61.2 Å². The standard InChI is InChI=1S/C14H29NO2.H2/c1-12(2)11-15-14(16)9-7-5-6-8-10-17-13(3)4;/h12-13H,5-11H2,1-4H3,(H,15,16);1H. The minimum Gasteiger partial charge on any atom is -0.379 e. The zero-order valence-corrected chi connectivity index (χ0v) is 11.9. The third-order valence-electron chi connectivity index (χ3n) is 2.46. The molecule has 3 heteroatoms. The maximum absolute atomic E-state index is 11.4. The van der Waals surface area contributed by atoms with Gasteiger partial charge in [0.2, 0.25) is 5.91 Å². The van der Waals surface area contributed by atoms with E-state index in [9.17, 15) is 4.79 Å². The second kappa shape index (κ2) is 10.6. The molecule has 0 aromatic rings. The first-order valence-electron chi connectivity index (χ1n) is 6.90. The second-order valence-electron chi connectivity index (χ2n) is 5.28. The highest BCUT2D eigenvalue weighted by atomic mass is 16.5. The van der Waals surface area contributed by atoms with E-state index in [0.717, 1.165) is 38.8 Å². The highest BCUT2D eigenvalue weighted by Crippen LogP contribution is 2.04. The molecule has 1 amide bonds. The van der Waals surface area contributed by atoms with Gasteiger partial charge in [-0.3, -0.25) is 4.79 Å². The fourth-order valence-corrected chi connectivity index (χ4v) is 1.47. The summed E-state index contributed by atoms with van der Waals surface area (Å²) in [5.74, 6) is 0.726. The molecule has 0 fully saturated rings. The topological polar surface area (TPSA) is 38.3 Å². The number of amides is 1. The van der Waals surface area contributed by atoms with Gasteiger partial charge in [0.25, 0.3) is 0 Å². The summed E-state index contributed by atoms with van der Waals surface area (Å²) in [5, 5.41) is 2.94. The lowest BCUT2D eigenvalue weighted by molar-refractivity contribution is -0.121. The Morgan fingerprint density at radius 2 is 1.76 bits per heavy atom. The van der Waals surface area contributed by atoms with E-state index >= 15 is 0 Å². The Balaban J connectivity index is 0. The summed E-state index contributed by atoms with van der Waals surface area (Å²) in [6.07, 6.45) is 5.37. The normalized spacial score (nSPS) is 11.2. The molecule has 0 rings (SSSR count). The maximum atomic E-state index is 11.4. The van der Waals surface area contributed by atoms with Crippen molar-refractivity contribution < 1.29 is 11.0 Å². The molecule has 0 aliphatic rings. The molecule has 0 radical (unpaired) electrons. The lowest BCUT2D eigenvalue weighted by atomic mass is 10.1. The van der Waals surface area contributed by atoms with E-state index in [4.69, 9.17) is 4.74 Å². The molecule has 104 valence electrons. The minimum absolute atomic E-state index is 0. The molecule has 0 spiro atoms. The van der Waals surface area contributed by atoms with E-state index in [1.165, 1.54) is 0 Å². The fraction of sp³-hybridized carbons (Fsp3) is 0.929. The number of nitrogens with one attached hydrogen (secondary N) is 1. The van der Waals surface area contributed by atoms with Crippen molar-refractivity contribution in [1.82, 2.24) is 5.32 Å². The summed E-state index contributed by atoms with van der Waals surface area (Å²) in [4.78, 5) is 11.4. The summed E-state index contributed by atoms with van der Waals surface area (Å²) in [7, 11) is 0. The second-order valence-corrected chi connectivity index (χ2v) is 5.28. The summed E-state index contributed by atoms with van der Waals surface area (Å²) in [6, 6.07) is 0. The SMILES string of the molecule is CC(C)CNC(=O)CCCCCCOC(C)C.[HH]. The van der Waals surface area contributed by atoms with E-state index < -0.39 is 0 Å². The first-order chi connectivity index (χ1) is 8.02. The van der Waals surface area contributed by atoms with Gasteiger partial charge in [0.05, 0.1) is 6.10 Å². The number of unbranched alkanes of at least 4 members (excludes halogenated alkanes) is 3. The van der Waals surface area contributed by atoms with Crippen LogP contribution in [0.4, 0.5) is 0 Å². The number of hydrogen-bond donors (Lipinski definition) is 1. The first kappa shape index (κ1) is 16.4. The van der Waals surface area contributed by atoms with Crippen molar-refractivity contribution in [3.05, 3.63) is 0 Å². The Bertz CT molecular complexity index is 196. The third-order valence-corrected chi connectivity index (χ3v) is 2.46. The molecule has 0 aliphatic carbocycles. The van der Waals surface area contributed by atoms with Crippen LogP contribution < -0.4 is 5.32 Å². The number of carbonyl (C=O) groups excluding carboxylic acids is 1. The van der Waals surface area contributed by atoms with Gasteiger partial charge >= 0.3 is 0 Å². The molecule has 0 heterocycles. The van der Waals surface area contributed by atoms with Crippen molar-refractivity contribution >= 4 is 5.91 Å². The van der Waals surface area contributed by atoms with Crippen molar-refractivity contribution in [3.8, 4) is 0 Å². The van der Waals surface area contributed by atoms with Crippen LogP contribution in [0.2, 0.25) is 0 Å². The summed E-state index contributed by atoms with van der Waals surface area (Å²) >= 11 is 0. The van der Waals surface area contributed by atoms with Crippen molar-refractivity contribution in [1.29, 1.82) is 0 Å². The molecule has 0 unspecified atom stereocenters. The average Bonchev–Trinajstić information content (AvgIpc) is 2.24. The summed E-state index contributed by atoms with van der Waals surface area (Å²) < 4.78 is 5.46. The molecule has 0 aromatic carbocycles. The lowest BCUT2D eigenvalue weighted by Crippen LogP contribution is -2.26. The molecule has 0 saturated heterocycles.